The number of rotatable bonds is 7. The van der Waals surface area contributed by atoms with Gasteiger partial charge in [0.05, 0.1) is 38.6 Å². The summed E-state index contributed by atoms with van der Waals surface area (Å²) in [6, 6.07) is 0. The fourth-order valence-electron chi connectivity index (χ4n) is 2.72. The molecule has 0 amide bonds. The Labute approximate surface area is 177 Å². The van der Waals surface area contributed by atoms with E-state index >= 15 is 0 Å². The van der Waals surface area contributed by atoms with Gasteiger partial charge < -0.3 is 76.1 Å². The molecule has 0 radical (unpaired) electrons. The van der Waals surface area contributed by atoms with Gasteiger partial charge in [-0.3, -0.25) is 0 Å². The first-order valence-electron chi connectivity index (χ1n) is 9.38. The molecule has 0 bridgehead atoms. The van der Waals surface area contributed by atoms with Crippen LogP contribution in [0.1, 0.15) is 0 Å². The van der Waals surface area contributed by atoms with Gasteiger partial charge in [0.25, 0.3) is 0 Å². The molecule has 2 rings (SSSR count). The number of ether oxygens (including phenoxy) is 3. The van der Waals surface area contributed by atoms with Gasteiger partial charge in [0, 0.05) is 0 Å². The number of aliphatic hydroxyl groups excluding tert-OH is 11. The summed E-state index contributed by atoms with van der Waals surface area (Å²) in [7, 11) is 0. The van der Waals surface area contributed by atoms with Crippen LogP contribution in [0.4, 0.5) is 0 Å². The van der Waals surface area contributed by atoms with E-state index in [1.165, 1.54) is 0 Å². The van der Waals surface area contributed by atoms with Crippen molar-refractivity contribution in [3.8, 4) is 0 Å². The van der Waals surface area contributed by atoms with Gasteiger partial charge in [-0.25, -0.2) is 0 Å². The minimum Gasteiger partial charge on any atom is -0.394 e. The highest BCUT2D eigenvalue weighted by Crippen LogP contribution is 2.28. The number of aliphatic hydroxyl groups is 11. The van der Waals surface area contributed by atoms with Gasteiger partial charge in [-0.1, -0.05) is 0 Å². The predicted molar refractivity (Wildman–Crippen MR) is 96.8 cm³/mol. The second kappa shape index (κ2) is 12.6. The Kier molecular flexibility index (Phi) is 11.5. The number of nitrogens with two attached hydrogens (primary N) is 1. The maximum atomic E-state index is 9.94. The van der Waals surface area contributed by atoms with Gasteiger partial charge in [0.1, 0.15) is 48.8 Å². The Morgan fingerprint density at radius 3 is 1.58 bits per heavy atom. The van der Waals surface area contributed by atoms with Crippen molar-refractivity contribution in [3.63, 3.8) is 0 Å². The van der Waals surface area contributed by atoms with Gasteiger partial charge >= 0.3 is 0 Å². The molecule has 15 nitrogen and oxygen atoms in total. The molecule has 0 aromatic rings. The summed E-state index contributed by atoms with van der Waals surface area (Å²) in [5, 5.41) is 102. The van der Waals surface area contributed by atoms with E-state index in [2.05, 4.69) is 0 Å². The highest BCUT2D eigenvalue weighted by atomic mass is 16.7. The molecule has 2 heterocycles. The van der Waals surface area contributed by atoms with Crippen LogP contribution < -0.4 is 5.73 Å². The molecule has 2 aliphatic rings. The maximum Gasteiger partial charge on any atom is 0.187 e. The molecule has 0 aliphatic carbocycles. The molecule has 186 valence electrons. The standard InChI is InChI=1S/C12H22O11.C4H11NO3/c13-1-3-5(15)6(16)9(19)12(22-3)23-10-4(2-14)21-11(20)8(18)7(10)17;5-4(1-6,2-7)3-8/h3-20H,1-2H2;6-8H,1-3,5H2/t3-,4-,5+,6+,7-,8-,9-,10-,11-,12+;/m1./s1. The van der Waals surface area contributed by atoms with E-state index in [-0.39, 0.29) is 0 Å². The van der Waals surface area contributed by atoms with Crippen molar-refractivity contribution in [2.24, 2.45) is 5.73 Å². The second-order valence-corrected chi connectivity index (χ2v) is 7.36. The Balaban J connectivity index is 0.000000512. The van der Waals surface area contributed by atoms with Crippen molar-refractivity contribution in [2.45, 2.75) is 67.0 Å². The van der Waals surface area contributed by atoms with Crippen molar-refractivity contribution in [1.82, 2.24) is 0 Å². The zero-order valence-electron chi connectivity index (χ0n) is 16.5. The lowest BCUT2D eigenvalue weighted by molar-refractivity contribution is -0.355. The highest BCUT2D eigenvalue weighted by Gasteiger charge is 2.50. The van der Waals surface area contributed by atoms with Gasteiger partial charge in [-0.05, 0) is 0 Å². The molecule has 2 fully saturated rings. The van der Waals surface area contributed by atoms with Crippen LogP contribution in [0, 0.1) is 0 Å². The molecule has 31 heavy (non-hydrogen) atoms. The van der Waals surface area contributed by atoms with Crippen molar-refractivity contribution in [1.29, 1.82) is 0 Å². The quantitative estimate of drug-likeness (QED) is 0.167. The molecule has 2 saturated heterocycles. The summed E-state index contributed by atoms with van der Waals surface area (Å²) in [6.07, 6.45) is -15.6. The zero-order valence-corrected chi connectivity index (χ0v) is 16.5. The SMILES string of the molecule is NC(CO)(CO)CO.OC[C@H]1O[C@@H](O[C@H]2[C@H](O)[C@@H](O)[C@H](O)O[C@@H]2CO)[C@H](O)[C@@H](O)[C@H]1O. The van der Waals surface area contributed by atoms with Crippen LogP contribution in [0.15, 0.2) is 0 Å². The minimum absolute atomic E-state index is 0.403. The molecule has 0 saturated carbocycles. The van der Waals surface area contributed by atoms with Gasteiger partial charge in [-0.15, -0.1) is 0 Å². The molecule has 0 spiro atoms. The molecule has 0 unspecified atom stereocenters. The molecule has 2 aliphatic heterocycles. The van der Waals surface area contributed by atoms with E-state index in [1.807, 2.05) is 0 Å². The molecule has 10 atom stereocenters. The Bertz CT molecular complexity index is 498. The highest BCUT2D eigenvalue weighted by molar-refractivity contribution is 4.93. The summed E-state index contributed by atoms with van der Waals surface area (Å²) in [5.74, 6) is 0. The van der Waals surface area contributed by atoms with Gasteiger partial charge in [0.15, 0.2) is 12.6 Å². The number of hydrogen-bond acceptors (Lipinski definition) is 15. The summed E-state index contributed by atoms with van der Waals surface area (Å²) in [6.45, 7) is -2.55. The first-order chi connectivity index (χ1) is 14.5. The summed E-state index contributed by atoms with van der Waals surface area (Å²) >= 11 is 0. The smallest absolute Gasteiger partial charge is 0.187 e. The minimum atomic E-state index is -1.74. The van der Waals surface area contributed by atoms with Crippen LogP contribution in [0.2, 0.25) is 0 Å². The molecule has 15 heteroatoms. The van der Waals surface area contributed by atoms with Crippen LogP contribution in [0.3, 0.4) is 0 Å². The molecule has 0 aromatic carbocycles. The molecule has 0 aromatic heterocycles. The lowest BCUT2D eigenvalue weighted by Crippen LogP contribution is -2.64. The summed E-state index contributed by atoms with van der Waals surface area (Å²) in [5.41, 5.74) is 3.94. The Morgan fingerprint density at radius 1 is 0.645 bits per heavy atom. The van der Waals surface area contributed by atoms with E-state index in [0.29, 0.717) is 0 Å². The topological polar surface area (TPSA) is 276 Å². The van der Waals surface area contributed by atoms with Crippen molar-refractivity contribution >= 4 is 0 Å². The van der Waals surface area contributed by atoms with Crippen LogP contribution in [-0.2, 0) is 14.2 Å². The van der Waals surface area contributed by atoms with E-state index in [9.17, 15) is 35.7 Å². The van der Waals surface area contributed by atoms with E-state index in [4.69, 9.17) is 40.4 Å². The third-order valence-electron chi connectivity index (χ3n) is 4.92. The second-order valence-electron chi connectivity index (χ2n) is 7.36. The fourth-order valence-corrected chi connectivity index (χ4v) is 2.72. The van der Waals surface area contributed by atoms with E-state index in [1.54, 1.807) is 0 Å². The molecule has 13 N–H and O–H groups in total. The summed E-state index contributed by atoms with van der Waals surface area (Å²) < 4.78 is 15.3. The van der Waals surface area contributed by atoms with Crippen molar-refractivity contribution in [3.05, 3.63) is 0 Å². The maximum absolute atomic E-state index is 9.94. The van der Waals surface area contributed by atoms with E-state index in [0.717, 1.165) is 0 Å². The van der Waals surface area contributed by atoms with Gasteiger partial charge in [-0.2, -0.15) is 0 Å². The average Bonchev–Trinajstić information content (AvgIpc) is 2.79. The monoisotopic (exact) mass is 463 g/mol. The van der Waals surface area contributed by atoms with E-state index < -0.39 is 100.0 Å². The Morgan fingerprint density at radius 2 is 1.16 bits per heavy atom. The predicted octanol–water partition coefficient (Wildman–Crippen LogP) is -7.74. The fraction of sp³-hybridized carbons (Fsp3) is 1.00. The third kappa shape index (κ3) is 6.94. The first-order valence-corrected chi connectivity index (χ1v) is 9.38. The lowest BCUT2D eigenvalue weighted by atomic mass is 9.97. The van der Waals surface area contributed by atoms with Crippen LogP contribution >= 0.6 is 0 Å². The van der Waals surface area contributed by atoms with Crippen molar-refractivity contribution in [2.75, 3.05) is 33.0 Å². The zero-order chi connectivity index (χ0) is 23.9. The molecular weight excluding hydrogens is 430 g/mol. The average molecular weight is 463 g/mol. The first kappa shape index (κ1) is 28.4. The lowest BCUT2D eigenvalue weighted by Gasteiger charge is -2.45. The number of hydrogen-bond donors (Lipinski definition) is 12. The normalized spacial score (nSPS) is 41.4. The van der Waals surface area contributed by atoms with Gasteiger partial charge in [0.2, 0.25) is 0 Å². The largest absolute Gasteiger partial charge is 0.394 e. The van der Waals surface area contributed by atoms with Crippen LogP contribution in [0.25, 0.3) is 0 Å². The Hall–Kier alpha value is -0.600. The third-order valence-corrected chi connectivity index (χ3v) is 4.92. The van der Waals surface area contributed by atoms with Crippen molar-refractivity contribution < 1.29 is 70.4 Å². The van der Waals surface area contributed by atoms with Crippen LogP contribution in [-0.4, -0.2) is 156 Å². The summed E-state index contributed by atoms with van der Waals surface area (Å²) in [4.78, 5) is 0. The molecular formula is C16H33NO14. The van der Waals surface area contributed by atoms with Crippen LogP contribution in [0.5, 0.6) is 0 Å².